The molecule has 0 radical (unpaired) electrons. The van der Waals surface area contributed by atoms with Crippen LogP contribution in [0.3, 0.4) is 0 Å². The largest absolute Gasteiger partial charge is 0.464 e. The maximum Gasteiger partial charge on any atom is 0.408 e. The first-order valence-electron chi connectivity index (χ1n) is 9.47. The molecule has 0 saturated heterocycles. The van der Waals surface area contributed by atoms with Crippen molar-refractivity contribution in [2.75, 3.05) is 6.61 Å². The summed E-state index contributed by atoms with van der Waals surface area (Å²) >= 11 is 0. The van der Waals surface area contributed by atoms with E-state index in [1.807, 2.05) is 6.07 Å². The van der Waals surface area contributed by atoms with Crippen LogP contribution in [0.5, 0.6) is 0 Å². The monoisotopic (exact) mass is 412 g/mol. The third-order valence-electron chi connectivity index (χ3n) is 4.08. The molecule has 0 saturated carbocycles. The van der Waals surface area contributed by atoms with Gasteiger partial charge in [0.05, 0.1) is 13.0 Å². The van der Waals surface area contributed by atoms with Crippen molar-refractivity contribution in [1.29, 1.82) is 0 Å². The molecule has 0 unspecified atom stereocenters. The van der Waals surface area contributed by atoms with Crippen molar-refractivity contribution >= 4 is 24.3 Å². The normalized spacial score (nSPS) is 12.2. The molecular formula is C22H24N2O6. The molecule has 8 heteroatoms. The number of ether oxygens (including phenoxy) is 2. The number of hydrogen-bond acceptors (Lipinski definition) is 6. The zero-order valence-corrected chi connectivity index (χ0v) is 16.6. The molecule has 0 aliphatic carbocycles. The van der Waals surface area contributed by atoms with E-state index in [9.17, 15) is 19.2 Å². The molecule has 2 aromatic carbocycles. The summed E-state index contributed by atoms with van der Waals surface area (Å²) in [7, 11) is 0. The molecule has 0 aliphatic heterocycles. The fraction of sp³-hybridized carbons (Fsp3) is 0.273. The minimum absolute atomic E-state index is 0.00956. The number of carbonyl (C=O) groups is 4. The minimum atomic E-state index is -1.25. The van der Waals surface area contributed by atoms with E-state index < -0.39 is 36.5 Å². The fourth-order valence-corrected chi connectivity index (χ4v) is 2.62. The van der Waals surface area contributed by atoms with E-state index in [0.29, 0.717) is 11.8 Å². The summed E-state index contributed by atoms with van der Waals surface area (Å²) in [6, 6.07) is 15.5. The van der Waals surface area contributed by atoms with Crippen molar-refractivity contribution in [3.05, 3.63) is 71.8 Å². The highest BCUT2D eigenvalue weighted by molar-refractivity contribution is 5.89. The van der Waals surface area contributed by atoms with Gasteiger partial charge < -0.3 is 24.9 Å². The summed E-state index contributed by atoms with van der Waals surface area (Å²) < 4.78 is 10.0. The number of nitrogens with one attached hydrogen (secondary N) is 2. The van der Waals surface area contributed by atoms with Gasteiger partial charge in [-0.05, 0) is 18.1 Å². The fourth-order valence-electron chi connectivity index (χ4n) is 2.62. The highest BCUT2D eigenvalue weighted by atomic mass is 16.6. The molecule has 2 N–H and O–H groups in total. The standard InChI is InChI=1S/C22H24N2O6/c1-2-29-21(27)18(24-22(28)30-15-16-9-5-3-6-10-16)13-20(26)23-19(14-25)17-11-7-4-8-12-17/h3-12,14,18-19H,2,13,15H2,1H3,(H,23,26)(H,24,28)/t18-,19-/m0/s1. The van der Waals surface area contributed by atoms with Crippen LogP contribution in [0.25, 0.3) is 0 Å². The first-order valence-corrected chi connectivity index (χ1v) is 9.47. The Morgan fingerprint density at radius 1 is 0.933 bits per heavy atom. The summed E-state index contributed by atoms with van der Waals surface area (Å²) in [4.78, 5) is 48.0. The summed E-state index contributed by atoms with van der Waals surface area (Å²) in [5.41, 5.74) is 1.37. The Balaban J connectivity index is 1.96. The summed E-state index contributed by atoms with van der Waals surface area (Å²) in [5.74, 6) is -1.37. The third-order valence-corrected chi connectivity index (χ3v) is 4.08. The van der Waals surface area contributed by atoms with E-state index in [4.69, 9.17) is 9.47 Å². The maximum atomic E-state index is 12.4. The van der Waals surface area contributed by atoms with Crippen molar-refractivity contribution in [1.82, 2.24) is 10.6 Å². The Morgan fingerprint density at radius 2 is 1.57 bits per heavy atom. The molecule has 2 aromatic rings. The van der Waals surface area contributed by atoms with Crippen molar-refractivity contribution in [2.24, 2.45) is 0 Å². The molecule has 0 fully saturated rings. The van der Waals surface area contributed by atoms with Crippen LogP contribution in [-0.2, 0) is 30.5 Å². The van der Waals surface area contributed by atoms with E-state index in [1.165, 1.54) is 0 Å². The van der Waals surface area contributed by atoms with E-state index in [0.717, 1.165) is 5.56 Å². The molecular weight excluding hydrogens is 388 g/mol. The number of benzene rings is 2. The van der Waals surface area contributed by atoms with Gasteiger partial charge in [0.1, 0.15) is 25.0 Å². The van der Waals surface area contributed by atoms with Gasteiger partial charge in [-0.15, -0.1) is 0 Å². The number of carbonyl (C=O) groups excluding carboxylic acids is 4. The molecule has 2 rings (SSSR count). The van der Waals surface area contributed by atoms with Crippen LogP contribution in [0.15, 0.2) is 60.7 Å². The second kappa shape index (κ2) is 12.0. The average molecular weight is 412 g/mol. The summed E-state index contributed by atoms with van der Waals surface area (Å²) in [5, 5.41) is 4.88. The molecule has 158 valence electrons. The Bertz CT molecular complexity index is 841. The van der Waals surface area contributed by atoms with Crippen LogP contribution in [0.1, 0.15) is 30.5 Å². The molecule has 0 bridgehead atoms. The van der Waals surface area contributed by atoms with Gasteiger partial charge in [-0.1, -0.05) is 60.7 Å². The first-order chi connectivity index (χ1) is 14.5. The van der Waals surface area contributed by atoms with Crippen LogP contribution >= 0.6 is 0 Å². The van der Waals surface area contributed by atoms with Gasteiger partial charge >= 0.3 is 12.1 Å². The molecule has 0 aromatic heterocycles. The second-order valence-corrected chi connectivity index (χ2v) is 6.31. The predicted molar refractivity (Wildman–Crippen MR) is 108 cm³/mol. The van der Waals surface area contributed by atoms with Crippen molar-refractivity contribution in [3.63, 3.8) is 0 Å². The first kappa shape index (κ1) is 22.6. The number of amides is 2. The van der Waals surface area contributed by atoms with E-state index in [1.54, 1.807) is 61.5 Å². The number of aldehydes is 1. The lowest BCUT2D eigenvalue weighted by atomic mass is 10.1. The van der Waals surface area contributed by atoms with Crippen LogP contribution in [-0.4, -0.2) is 36.9 Å². The highest BCUT2D eigenvalue weighted by Gasteiger charge is 2.27. The number of hydrogen-bond donors (Lipinski definition) is 2. The van der Waals surface area contributed by atoms with Crippen LogP contribution in [0.2, 0.25) is 0 Å². The lowest BCUT2D eigenvalue weighted by Gasteiger charge is -2.19. The van der Waals surface area contributed by atoms with E-state index in [-0.39, 0.29) is 13.2 Å². The van der Waals surface area contributed by atoms with Gasteiger partial charge in [0.15, 0.2) is 0 Å². The molecule has 2 amide bonds. The molecule has 0 heterocycles. The van der Waals surface area contributed by atoms with Crippen LogP contribution in [0.4, 0.5) is 4.79 Å². The van der Waals surface area contributed by atoms with Gasteiger partial charge in [-0.3, -0.25) is 4.79 Å². The smallest absolute Gasteiger partial charge is 0.408 e. The quantitative estimate of drug-likeness (QED) is 0.458. The Labute approximate surface area is 174 Å². The second-order valence-electron chi connectivity index (χ2n) is 6.31. The average Bonchev–Trinajstić information content (AvgIpc) is 2.77. The number of esters is 1. The van der Waals surface area contributed by atoms with E-state index in [2.05, 4.69) is 10.6 Å². The molecule has 2 atom stereocenters. The highest BCUT2D eigenvalue weighted by Crippen LogP contribution is 2.10. The zero-order valence-electron chi connectivity index (χ0n) is 16.6. The van der Waals surface area contributed by atoms with Gasteiger partial charge in [0.2, 0.25) is 5.91 Å². The molecule has 30 heavy (non-hydrogen) atoms. The topological polar surface area (TPSA) is 111 Å². The zero-order chi connectivity index (χ0) is 21.8. The lowest BCUT2D eigenvalue weighted by Crippen LogP contribution is -2.45. The molecule has 0 aliphatic rings. The third kappa shape index (κ3) is 7.38. The minimum Gasteiger partial charge on any atom is -0.464 e. The SMILES string of the molecule is CCOC(=O)[C@H](CC(=O)N[C@@H](C=O)c1ccccc1)NC(=O)OCc1ccccc1. The summed E-state index contributed by atoms with van der Waals surface area (Å²) in [6.07, 6.45) is -0.676. The van der Waals surface area contributed by atoms with Gasteiger partial charge in [-0.2, -0.15) is 0 Å². The van der Waals surface area contributed by atoms with Gasteiger partial charge in [-0.25, -0.2) is 9.59 Å². The molecule has 8 nitrogen and oxygen atoms in total. The summed E-state index contributed by atoms with van der Waals surface area (Å²) in [6.45, 7) is 1.70. The van der Waals surface area contributed by atoms with E-state index >= 15 is 0 Å². The van der Waals surface area contributed by atoms with Gasteiger partial charge in [0, 0.05) is 0 Å². The number of rotatable bonds is 10. The maximum absolute atomic E-state index is 12.4. The predicted octanol–water partition coefficient (Wildman–Crippen LogP) is 2.29. The van der Waals surface area contributed by atoms with Crippen molar-refractivity contribution in [3.8, 4) is 0 Å². The van der Waals surface area contributed by atoms with Crippen LogP contribution < -0.4 is 10.6 Å². The van der Waals surface area contributed by atoms with Crippen LogP contribution in [0, 0.1) is 0 Å². The molecule has 0 spiro atoms. The number of alkyl carbamates (subject to hydrolysis) is 1. The van der Waals surface area contributed by atoms with Gasteiger partial charge in [0.25, 0.3) is 0 Å². The van der Waals surface area contributed by atoms with Crippen molar-refractivity contribution in [2.45, 2.75) is 32.0 Å². The lowest BCUT2D eigenvalue weighted by molar-refractivity contribution is -0.147. The Kier molecular flexibility index (Phi) is 9.05. The Hall–Kier alpha value is -3.68. The van der Waals surface area contributed by atoms with Crippen molar-refractivity contribution < 1.29 is 28.7 Å². The Morgan fingerprint density at radius 3 is 2.17 bits per heavy atom.